The number of rotatable bonds is 5. The van der Waals surface area contributed by atoms with Gasteiger partial charge in [-0.3, -0.25) is 0 Å². The molecule has 0 aliphatic rings. The molecule has 17 heavy (non-hydrogen) atoms. The third-order valence-corrected chi connectivity index (χ3v) is 2.90. The van der Waals surface area contributed by atoms with Crippen molar-refractivity contribution in [1.82, 2.24) is 0 Å². The van der Waals surface area contributed by atoms with Gasteiger partial charge in [0, 0.05) is 5.57 Å². The molecule has 0 aromatic heterocycles. The normalized spacial score (nSPS) is 15.2. The molecule has 0 saturated heterocycles. The average Bonchev–Trinajstić information content (AvgIpc) is 2.21. The van der Waals surface area contributed by atoms with Crippen LogP contribution in [0.4, 0.5) is 17.6 Å². The second-order valence-electron chi connectivity index (χ2n) is 4.02. The molecule has 0 aliphatic heterocycles. The van der Waals surface area contributed by atoms with Crippen LogP contribution in [-0.2, 0) is 0 Å². The SMILES string of the molecule is CC/C(=C\C(=C(/C)F)C(CC)CC)C(F)(F)F. The fourth-order valence-electron chi connectivity index (χ4n) is 1.80. The highest BCUT2D eigenvalue weighted by molar-refractivity contribution is 5.29. The Morgan fingerprint density at radius 3 is 1.82 bits per heavy atom. The summed E-state index contributed by atoms with van der Waals surface area (Å²) in [5.41, 5.74) is -0.486. The molecule has 0 amide bonds. The molecular weight excluding hydrogens is 232 g/mol. The van der Waals surface area contributed by atoms with Crippen LogP contribution in [0, 0.1) is 5.92 Å². The van der Waals surface area contributed by atoms with E-state index < -0.39 is 17.6 Å². The van der Waals surface area contributed by atoms with Crippen LogP contribution in [0.3, 0.4) is 0 Å². The van der Waals surface area contributed by atoms with Crippen LogP contribution in [0.1, 0.15) is 47.0 Å². The Labute approximate surface area is 100 Å². The van der Waals surface area contributed by atoms with Gasteiger partial charge in [0.1, 0.15) is 5.83 Å². The largest absolute Gasteiger partial charge is 0.412 e. The zero-order chi connectivity index (χ0) is 13.6. The first-order valence-corrected chi connectivity index (χ1v) is 5.91. The molecule has 0 saturated carbocycles. The van der Waals surface area contributed by atoms with E-state index in [0.717, 1.165) is 6.08 Å². The lowest BCUT2D eigenvalue weighted by Crippen LogP contribution is -2.13. The van der Waals surface area contributed by atoms with Crippen LogP contribution < -0.4 is 0 Å². The number of alkyl halides is 3. The van der Waals surface area contributed by atoms with Gasteiger partial charge >= 0.3 is 6.18 Å². The van der Waals surface area contributed by atoms with Crippen molar-refractivity contribution < 1.29 is 17.6 Å². The van der Waals surface area contributed by atoms with E-state index >= 15 is 0 Å². The summed E-state index contributed by atoms with van der Waals surface area (Å²) >= 11 is 0. The van der Waals surface area contributed by atoms with Crippen LogP contribution in [0.5, 0.6) is 0 Å². The maximum Gasteiger partial charge on any atom is 0.412 e. The predicted octanol–water partition coefficient (Wildman–Crippen LogP) is 5.56. The van der Waals surface area contributed by atoms with Crippen molar-refractivity contribution in [2.75, 3.05) is 0 Å². The molecule has 100 valence electrons. The van der Waals surface area contributed by atoms with E-state index in [2.05, 4.69) is 0 Å². The van der Waals surface area contributed by atoms with Crippen molar-refractivity contribution in [3.8, 4) is 0 Å². The Kier molecular flexibility index (Phi) is 6.50. The topological polar surface area (TPSA) is 0 Å². The van der Waals surface area contributed by atoms with Gasteiger partial charge in [0.05, 0.1) is 0 Å². The van der Waals surface area contributed by atoms with Crippen molar-refractivity contribution in [3.63, 3.8) is 0 Å². The van der Waals surface area contributed by atoms with E-state index in [4.69, 9.17) is 0 Å². The number of halogens is 4. The van der Waals surface area contributed by atoms with Crippen LogP contribution in [0.2, 0.25) is 0 Å². The Balaban J connectivity index is 5.39. The number of allylic oxidation sites excluding steroid dienone is 4. The van der Waals surface area contributed by atoms with Gasteiger partial charge in [-0.15, -0.1) is 0 Å². The predicted molar refractivity (Wildman–Crippen MR) is 62.3 cm³/mol. The molecule has 0 aromatic carbocycles. The monoisotopic (exact) mass is 252 g/mol. The Morgan fingerprint density at radius 2 is 1.59 bits per heavy atom. The first-order valence-electron chi connectivity index (χ1n) is 5.91. The lowest BCUT2D eigenvalue weighted by molar-refractivity contribution is -0.0936. The standard InChI is InChI=1S/C13H20F4/c1-5-10(6-2)12(9(4)14)8-11(7-3)13(15,16)17/h8,10H,5-7H2,1-4H3/b11-8+,12-9-. The molecule has 0 rings (SSSR count). The highest BCUT2D eigenvalue weighted by Crippen LogP contribution is 2.32. The molecule has 0 spiro atoms. The molecule has 0 aliphatic carbocycles. The summed E-state index contributed by atoms with van der Waals surface area (Å²) < 4.78 is 51.1. The smallest absolute Gasteiger partial charge is 0.212 e. The van der Waals surface area contributed by atoms with E-state index in [1.165, 1.54) is 13.8 Å². The first kappa shape index (κ1) is 16.2. The van der Waals surface area contributed by atoms with E-state index in [-0.39, 0.29) is 17.9 Å². The lowest BCUT2D eigenvalue weighted by atomic mass is 9.91. The van der Waals surface area contributed by atoms with E-state index in [1.54, 1.807) is 0 Å². The molecule has 0 atom stereocenters. The van der Waals surface area contributed by atoms with Crippen LogP contribution >= 0.6 is 0 Å². The third kappa shape index (κ3) is 4.92. The molecule has 0 N–H and O–H groups in total. The highest BCUT2D eigenvalue weighted by Gasteiger charge is 2.32. The third-order valence-electron chi connectivity index (χ3n) is 2.90. The van der Waals surface area contributed by atoms with Gasteiger partial charge in [-0.05, 0) is 43.8 Å². The zero-order valence-corrected chi connectivity index (χ0v) is 10.8. The molecule has 0 nitrogen and oxygen atoms in total. The second kappa shape index (κ2) is 6.82. The van der Waals surface area contributed by atoms with Crippen LogP contribution in [0.15, 0.2) is 23.0 Å². The average molecular weight is 252 g/mol. The molecule has 4 heteroatoms. The summed E-state index contributed by atoms with van der Waals surface area (Å²) in [6, 6.07) is 0. The Hall–Kier alpha value is -0.800. The Bertz CT molecular complexity index is 289. The van der Waals surface area contributed by atoms with Crippen molar-refractivity contribution >= 4 is 0 Å². The van der Waals surface area contributed by atoms with E-state index in [1.807, 2.05) is 13.8 Å². The molecule has 0 heterocycles. The quantitative estimate of drug-likeness (QED) is 0.443. The van der Waals surface area contributed by atoms with Crippen LogP contribution in [-0.4, -0.2) is 6.18 Å². The van der Waals surface area contributed by atoms with Gasteiger partial charge in [0.25, 0.3) is 0 Å². The van der Waals surface area contributed by atoms with Crippen molar-refractivity contribution in [2.45, 2.75) is 53.1 Å². The molecule has 0 radical (unpaired) electrons. The maximum absolute atomic E-state index is 13.3. The summed E-state index contributed by atoms with van der Waals surface area (Å²) in [7, 11) is 0. The molecule has 0 aromatic rings. The maximum atomic E-state index is 13.3. The van der Waals surface area contributed by atoms with Gasteiger partial charge in [-0.2, -0.15) is 13.2 Å². The van der Waals surface area contributed by atoms with Crippen LogP contribution in [0.25, 0.3) is 0 Å². The summed E-state index contributed by atoms with van der Waals surface area (Å²) in [5.74, 6) is -0.669. The zero-order valence-electron chi connectivity index (χ0n) is 10.8. The minimum atomic E-state index is -4.37. The minimum Gasteiger partial charge on any atom is -0.212 e. The van der Waals surface area contributed by atoms with Crippen molar-refractivity contribution in [3.05, 3.63) is 23.0 Å². The van der Waals surface area contributed by atoms with Gasteiger partial charge in [-0.25, -0.2) is 4.39 Å². The lowest BCUT2D eigenvalue weighted by Gasteiger charge is -2.17. The molecule has 0 unspecified atom stereocenters. The van der Waals surface area contributed by atoms with Gasteiger partial charge < -0.3 is 0 Å². The van der Waals surface area contributed by atoms with E-state index in [9.17, 15) is 17.6 Å². The summed E-state index contributed by atoms with van der Waals surface area (Å²) in [6.07, 6.45) is -2.26. The summed E-state index contributed by atoms with van der Waals surface area (Å²) in [4.78, 5) is 0. The summed E-state index contributed by atoms with van der Waals surface area (Å²) in [6.45, 7) is 6.35. The molecular formula is C13H20F4. The van der Waals surface area contributed by atoms with Gasteiger partial charge in [-0.1, -0.05) is 20.8 Å². The molecule has 0 fully saturated rings. The summed E-state index contributed by atoms with van der Waals surface area (Å²) in [5, 5.41) is 0. The van der Waals surface area contributed by atoms with Gasteiger partial charge in [0.15, 0.2) is 0 Å². The van der Waals surface area contributed by atoms with Crippen molar-refractivity contribution in [1.29, 1.82) is 0 Å². The van der Waals surface area contributed by atoms with Gasteiger partial charge in [0.2, 0.25) is 0 Å². The highest BCUT2D eigenvalue weighted by atomic mass is 19.4. The van der Waals surface area contributed by atoms with Crippen molar-refractivity contribution in [2.24, 2.45) is 5.92 Å². The second-order valence-corrected chi connectivity index (χ2v) is 4.02. The first-order chi connectivity index (χ1) is 7.77. The number of hydrogen-bond acceptors (Lipinski definition) is 0. The molecule has 0 bridgehead atoms. The number of hydrogen-bond donors (Lipinski definition) is 0. The fourth-order valence-corrected chi connectivity index (χ4v) is 1.80. The Morgan fingerprint density at radius 1 is 1.12 bits per heavy atom. The van der Waals surface area contributed by atoms with E-state index in [0.29, 0.717) is 12.8 Å². The minimum absolute atomic E-state index is 0.138. The fraction of sp³-hybridized carbons (Fsp3) is 0.692.